The van der Waals surface area contributed by atoms with Crippen LogP contribution in [0.25, 0.3) is 0 Å². The van der Waals surface area contributed by atoms with Gasteiger partial charge in [0, 0.05) is 12.6 Å². The molecule has 0 bridgehead atoms. The minimum atomic E-state index is -3.74. The van der Waals surface area contributed by atoms with Crippen molar-refractivity contribution in [1.29, 1.82) is 0 Å². The predicted octanol–water partition coefficient (Wildman–Crippen LogP) is 2.38. The monoisotopic (exact) mass is 376 g/mol. The number of benzene rings is 1. The van der Waals surface area contributed by atoms with Crippen molar-refractivity contribution >= 4 is 26.0 Å². The van der Waals surface area contributed by atoms with Crippen molar-refractivity contribution in [3.63, 3.8) is 0 Å². The number of nitrogens with one attached hydrogen (secondary N) is 2. The predicted molar refractivity (Wildman–Crippen MR) is 79.6 cm³/mol. The van der Waals surface area contributed by atoms with Gasteiger partial charge in [-0.05, 0) is 40.7 Å². The summed E-state index contributed by atoms with van der Waals surface area (Å²) >= 11 is 3.09. The largest absolute Gasteiger partial charge is 0.452 e. The molecule has 2 aromatic rings. The summed E-state index contributed by atoms with van der Waals surface area (Å²) in [4.78, 5) is 0.0177. The summed E-state index contributed by atoms with van der Waals surface area (Å²) in [7, 11) is -2.01. The molecule has 5 nitrogen and oxygen atoms in total. The van der Waals surface area contributed by atoms with E-state index in [1.807, 2.05) is 0 Å². The molecule has 0 radical (unpaired) electrons. The van der Waals surface area contributed by atoms with E-state index in [1.54, 1.807) is 13.1 Å². The smallest absolute Gasteiger partial charge is 0.245 e. The number of furan rings is 1. The Morgan fingerprint density at radius 3 is 2.71 bits per heavy atom. The van der Waals surface area contributed by atoms with Gasteiger partial charge in [-0.25, -0.2) is 17.5 Å². The Balaban J connectivity index is 2.15. The molecule has 0 aliphatic heterocycles. The molecule has 8 heteroatoms. The van der Waals surface area contributed by atoms with Crippen molar-refractivity contribution in [2.45, 2.75) is 18.0 Å². The molecule has 0 aliphatic carbocycles. The zero-order valence-corrected chi connectivity index (χ0v) is 13.6. The molecule has 114 valence electrons. The normalized spacial score (nSPS) is 11.8. The first-order chi connectivity index (χ1) is 9.92. The summed E-state index contributed by atoms with van der Waals surface area (Å²) in [5.74, 6) is 0.0861. The van der Waals surface area contributed by atoms with Crippen LogP contribution in [0.15, 0.2) is 44.3 Å². The van der Waals surface area contributed by atoms with Crippen LogP contribution >= 0.6 is 15.9 Å². The van der Waals surface area contributed by atoms with E-state index in [-0.39, 0.29) is 16.1 Å². The molecule has 0 amide bonds. The number of hydrogen-bond donors (Lipinski definition) is 2. The third-order valence-electron chi connectivity index (χ3n) is 2.70. The Morgan fingerprint density at radius 2 is 2.05 bits per heavy atom. The van der Waals surface area contributed by atoms with Gasteiger partial charge in [0.25, 0.3) is 0 Å². The molecule has 0 unspecified atom stereocenters. The lowest BCUT2D eigenvalue weighted by Crippen LogP contribution is -2.23. The lowest BCUT2D eigenvalue weighted by molar-refractivity contribution is 0.470. The molecule has 0 spiro atoms. The second kappa shape index (κ2) is 6.69. The lowest BCUT2D eigenvalue weighted by atomic mass is 10.2. The van der Waals surface area contributed by atoms with Crippen molar-refractivity contribution in [1.82, 2.24) is 10.0 Å². The number of hydrogen-bond acceptors (Lipinski definition) is 4. The molecule has 0 fully saturated rings. The maximum absolute atomic E-state index is 13.1. The maximum Gasteiger partial charge on any atom is 0.245 e. The van der Waals surface area contributed by atoms with Crippen molar-refractivity contribution in [2.24, 2.45) is 0 Å². The Bertz CT molecular complexity index is 731. The molecule has 0 aliphatic rings. The highest BCUT2D eigenvalue weighted by atomic mass is 79.9. The van der Waals surface area contributed by atoms with Crippen molar-refractivity contribution in [3.05, 3.63) is 52.1 Å². The fraction of sp³-hybridized carbons (Fsp3) is 0.231. The highest BCUT2D eigenvalue weighted by molar-refractivity contribution is 9.10. The van der Waals surface area contributed by atoms with Gasteiger partial charge in [-0.15, -0.1) is 0 Å². The van der Waals surface area contributed by atoms with Gasteiger partial charge >= 0.3 is 0 Å². The van der Waals surface area contributed by atoms with E-state index < -0.39 is 15.8 Å². The molecule has 0 saturated carbocycles. The van der Waals surface area contributed by atoms with E-state index in [1.165, 1.54) is 24.3 Å². The average Bonchev–Trinajstić information content (AvgIpc) is 2.79. The maximum atomic E-state index is 13.1. The molecule has 1 aromatic carbocycles. The van der Waals surface area contributed by atoms with E-state index in [4.69, 9.17) is 4.42 Å². The zero-order valence-electron chi connectivity index (χ0n) is 11.2. The van der Waals surface area contributed by atoms with E-state index in [0.717, 1.165) is 0 Å². The summed E-state index contributed by atoms with van der Waals surface area (Å²) < 4.78 is 45.3. The van der Waals surface area contributed by atoms with E-state index in [2.05, 4.69) is 26.0 Å². The van der Waals surface area contributed by atoms with E-state index in [9.17, 15) is 12.8 Å². The quantitative estimate of drug-likeness (QED) is 0.811. The van der Waals surface area contributed by atoms with Gasteiger partial charge < -0.3 is 9.73 Å². The molecule has 0 atom stereocenters. The molecule has 21 heavy (non-hydrogen) atoms. The van der Waals surface area contributed by atoms with Crippen molar-refractivity contribution in [3.8, 4) is 0 Å². The Hall–Kier alpha value is -1.22. The van der Waals surface area contributed by atoms with Crippen LogP contribution in [-0.2, 0) is 23.1 Å². The van der Waals surface area contributed by atoms with Gasteiger partial charge in [0.2, 0.25) is 10.0 Å². The second-order valence-corrected chi connectivity index (χ2v) is 6.79. The number of sulfonamides is 1. The molecule has 2 N–H and O–H groups in total. The molecular weight excluding hydrogens is 363 g/mol. The standard InChI is InChI=1S/C13H14BrFN2O3S/c1-16-8-11-6-12(13(14)20-11)21(18,19)17-7-9-3-2-4-10(15)5-9/h2-6,16-17H,7-8H2,1H3. The minimum absolute atomic E-state index is 0.000918. The fourth-order valence-corrected chi connectivity index (χ4v) is 3.76. The van der Waals surface area contributed by atoms with Crippen molar-refractivity contribution in [2.75, 3.05) is 7.05 Å². The summed E-state index contributed by atoms with van der Waals surface area (Å²) in [5, 5.41) is 2.87. The number of rotatable bonds is 6. The van der Waals surface area contributed by atoms with Crippen LogP contribution < -0.4 is 10.0 Å². The molecule has 1 aromatic heterocycles. The highest BCUT2D eigenvalue weighted by Crippen LogP contribution is 2.26. The van der Waals surface area contributed by atoms with Crippen LogP contribution in [0.4, 0.5) is 4.39 Å². The number of halogens is 2. The van der Waals surface area contributed by atoms with Gasteiger partial charge in [-0.1, -0.05) is 12.1 Å². The first-order valence-electron chi connectivity index (χ1n) is 6.09. The van der Waals surface area contributed by atoms with Crippen LogP contribution in [-0.4, -0.2) is 15.5 Å². The summed E-state index contributed by atoms with van der Waals surface area (Å²) in [6.45, 7) is 0.414. The summed E-state index contributed by atoms with van der Waals surface area (Å²) in [6.07, 6.45) is 0. The SMILES string of the molecule is CNCc1cc(S(=O)(=O)NCc2cccc(F)c2)c(Br)o1. The van der Waals surface area contributed by atoms with Gasteiger partial charge in [0.15, 0.2) is 4.67 Å². The minimum Gasteiger partial charge on any atom is -0.452 e. The van der Waals surface area contributed by atoms with Crippen LogP contribution in [0, 0.1) is 5.82 Å². The van der Waals surface area contributed by atoms with Crippen molar-refractivity contribution < 1.29 is 17.2 Å². The summed E-state index contributed by atoms with van der Waals surface area (Å²) in [5.41, 5.74) is 0.536. The molecule has 1 heterocycles. The van der Waals surface area contributed by atoms with Crippen LogP contribution in [0.2, 0.25) is 0 Å². The Kier molecular flexibility index (Phi) is 5.15. The third-order valence-corrected chi connectivity index (χ3v) is 4.96. The topological polar surface area (TPSA) is 71.3 Å². The highest BCUT2D eigenvalue weighted by Gasteiger charge is 2.22. The average molecular weight is 377 g/mol. The van der Waals surface area contributed by atoms with Crippen LogP contribution in [0.3, 0.4) is 0 Å². The molecular formula is C13H14BrFN2O3S. The third kappa shape index (κ3) is 4.13. The zero-order chi connectivity index (χ0) is 15.5. The van der Waals surface area contributed by atoms with E-state index >= 15 is 0 Å². The molecule has 2 rings (SSSR count). The van der Waals surface area contributed by atoms with Crippen LogP contribution in [0.1, 0.15) is 11.3 Å². The first kappa shape index (κ1) is 16.2. The van der Waals surface area contributed by atoms with Gasteiger partial charge in [0.05, 0.1) is 6.54 Å². The Morgan fingerprint density at radius 1 is 1.29 bits per heavy atom. The van der Waals surface area contributed by atoms with Gasteiger partial charge in [-0.3, -0.25) is 0 Å². The fourth-order valence-electron chi connectivity index (χ4n) is 1.75. The second-order valence-electron chi connectivity index (χ2n) is 4.34. The van der Waals surface area contributed by atoms with Crippen LogP contribution in [0.5, 0.6) is 0 Å². The van der Waals surface area contributed by atoms with E-state index in [0.29, 0.717) is 17.9 Å². The van der Waals surface area contributed by atoms with Gasteiger partial charge in [0.1, 0.15) is 16.5 Å². The van der Waals surface area contributed by atoms with Gasteiger partial charge in [-0.2, -0.15) is 0 Å². The molecule has 0 saturated heterocycles. The summed E-state index contributed by atoms with van der Waals surface area (Å²) in [6, 6.07) is 7.18. The first-order valence-corrected chi connectivity index (χ1v) is 8.37. The Labute approximate surface area is 130 Å². The lowest BCUT2D eigenvalue weighted by Gasteiger charge is -2.05.